The van der Waals surface area contributed by atoms with E-state index in [0.29, 0.717) is 0 Å². The van der Waals surface area contributed by atoms with Gasteiger partial charge in [-0.1, -0.05) is 64.3 Å². The summed E-state index contributed by atoms with van der Waals surface area (Å²) in [7, 11) is 0. The SMILES string of the molecule is CC(C)(C)c1cccc(C2CCCCC2)c1. The van der Waals surface area contributed by atoms with E-state index in [4.69, 9.17) is 0 Å². The predicted octanol–water partition coefficient (Wildman–Crippen LogP) is 5.03. The third-order valence-corrected chi connectivity index (χ3v) is 3.83. The Morgan fingerprint density at radius 3 is 2.31 bits per heavy atom. The first-order chi connectivity index (χ1) is 7.57. The Morgan fingerprint density at radius 1 is 1.00 bits per heavy atom. The van der Waals surface area contributed by atoms with E-state index in [-0.39, 0.29) is 5.41 Å². The minimum atomic E-state index is 0.282. The summed E-state index contributed by atoms with van der Waals surface area (Å²) in [5.74, 6) is 0.830. The van der Waals surface area contributed by atoms with Gasteiger partial charge < -0.3 is 0 Å². The molecule has 0 amide bonds. The molecule has 1 aliphatic rings. The molecule has 0 radical (unpaired) electrons. The van der Waals surface area contributed by atoms with Gasteiger partial charge in [-0.05, 0) is 35.3 Å². The zero-order chi connectivity index (χ0) is 11.6. The third-order valence-electron chi connectivity index (χ3n) is 3.83. The van der Waals surface area contributed by atoms with Crippen LogP contribution in [0.2, 0.25) is 0 Å². The number of benzene rings is 1. The van der Waals surface area contributed by atoms with Gasteiger partial charge in [0.2, 0.25) is 0 Å². The van der Waals surface area contributed by atoms with Gasteiger partial charge in [-0.25, -0.2) is 0 Å². The molecular formula is C16H24. The minimum Gasteiger partial charge on any atom is -0.0617 e. The zero-order valence-electron chi connectivity index (χ0n) is 10.9. The maximum absolute atomic E-state index is 2.44. The van der Waals surface area contributed by atoms with Crippen LogP contribution in [-0.4, -0.2) is 0 Å². The second-order valence-electron chi connectivity index (χ2n) is 6.21. The van der Waals surface area contributed by atoms with Crippen LogP contribution < -0.4 is 0 Å². The van der Waals surface area contributed by atoms with Crippen LogP contribution in [0.5, 0.6) is 0 Å². The Bertz CT molecular complexity index is 337. The molecule has 88 valence electrons. The van der Waals surface area contributed by atoms with E-state index in [1.165, 1.54) is 37.7 Å². The summed E-state index contributed by atoms with van der Waals surface area (Å²) < 4.78 is 0. The van der Waals surface area contributed by atoms with Crippen molar-refractivity contribution in [1.29, 1.82) is 0 Å². The highest BCUT2D eigenvalue weighted by Crippen LogP contribution is 2.34. The molecule has 0 bridgehead atoms. The molecule has 0 atom stereocenters. The Labute approximate surface area is 100 Å². The van der Waals surface area contributed by atoms with Gasteiger partial charge in [0.15, 0.2) is 0 Å². The van der Waals surface area contributed by atoms with Crippen LogP contribution in [0.3, 0.4) is 0 Å². The molecule has 0 N–H and O–H groups in total. The van der Waals surface area contributed by atoms with E-state index in [1.807, 2.05) is 0 Å². The average Bonchev–Trinajstić information content (AvgIpc) is 2.29. The molecule has 0 aliphatic heterocycles. The van der Waals surface area contributed by atoms with Gasteiger partial charge in [-0.3, -0.25) is 0 Å². The van der Waals surface area contributed by atoms with E-state index in [2.05, 4.69) is 45.0 Å². The van der Waals surface area contributed by atoms with Gasteiger partial charge in [0, 0.05) is 0 Å². The summed E-state index contributed by atoms with van der Waals surface area (Å²) in [5.41, 5.74) is 3.34. The van der Waals surface area contributed by atoms with Gasteiger partial charge in [-0.15, -0.1) is 0 Å². The summed E-state index contributed by atoms with van der Waals surface area (Å²) in [6.07, 6.45) is 7.07. The first-order valence-electron chi connectivity index (χ1n) is 6.68. The molecule has 0 aromatic heterocycles. The van der Waals surface area contributed by atoms with Crippen molar-refractivity contribution in [3.8, 4) is 0 Å². The normalized spacial score (nSPS) is 18.7. The van der Waals surface area contributed by atoms with Crippen LogP contribution >= 0.6 is 0 Å². The Hall–Kier alpha value is -0.780. The molecule has 2 rings (SSSR count). The van der Waals surface area contributed by atoms with E-state index < -0.39 is 0 Å². The van der Waals surface area contributed by atoms with Crippen LogP contribution in [0.25, 0.3) is 0 Å². The monoisotopic (exact) mass is 216 g/mol. The van der Waals surface area contributed by atoms with Gasteiger partial charge in [0.25, 0.3) is 0 Å². The quantitative estimate of drug-likeness (QED) is 0.617. The van der Waals surface area contributed by atoms with Crippen molar-refractivity contribution in [2.75, 3.05) is 0 Å². The van der Waals surface area contributed by atoms with E-state index in [9.17, 15) is 0 Å². The van der Waals surface area contributed by atoms with Crippen molar-refractivity contribution in [2.45, 2.75) is 64.2 Å². The molecule has 16 heavy (non-hydrogen) atoms. The average molecular weight is 216 g/mol. The maximum Gasteiger partial charge on any atom is -0.0132 e. The van der Waals surface area contributed by atoms with Crippen molar-refractivity contribution >= 4 is 0 Å². The predicted molar refractivity (Wildman–Crippen MR) is 71.0 cm³/mol. The van der Waals surface area contributed by atoms with Gasteiger partial charge >= 0.3 is 0 Å². The largest absolute Gasteiger partial charge is 0.0617 e. The summed E-state index contributed by atoms with van der Waals surface area (Å²) in [6.45, 7) is 6.90. The van der Waals surface area contributed by atoms with E-state index in [1.54, 1.807) is 5.56 Å². The van der Waals surface area contributed by atoms with Crippen LogP contribution in [0, 0.1) is 0 Å². The Kier molecular flexibility index (Phi) is 3.37. The van der Waals surface area contributed by atoms with Crippen molar-refractivity contribution in [3.63, 3.8) is 0 Å². The molecule has 1 aromatic rings. The number of rotatable bonds is 1. The molecule has 1 saturated carbocycles. The van der Waals surface area contributed by atoms with E-state index >= 15 is 0 Å². The van der Waals surface area contributed by atoms with Crippen LogP contribution in [0.1, 0.15) is 69.9 Å². The molecule has 1 fully saturated rings. The zero-order valence-corrected chi connectivity index (χ0v) is 10.9. The molecule has 0 spiro atoms. The smallest absolute Gasteiger partial charge is 0.0132 e. The van der Waals surface area contributed by atoms with Gasteiger partial charge in [-0.2, -0.15) is 0 Å². The van der Waals surface area contributed by atoms with Crippen molar-refractivity contribution < 1.29 is 0 Å². The lowest BCUT2D eigenvalue weighted by Gasteiger charge is -2.25. The van der Waals surface area contributed by atoms with Crippen molar-refractivity contribution in [3.05, 3.63) is 35.4 Å². The number of hydrogen-bond donors (Lipinski definition) is 0. The summed E-state index contributed by atoms with van der Waals surface area (Å²) in [6, 6.07) is 9.28. The second-order valence-corrected chi connectivity index (χ2v) is 6.21. The molecule has 1 aromatic carbocycles. The van der Waals surface area contributed by atoms with Crippen LogP contribution in [-0.2, 0) is 5.41 Å². The van der Waals surface area contributed by atoms with E-state index in [0.717, 1.165) is 5.92 Å². The lowest BCUT2D eigenvalue weighted by Crippen LogP contribution is -2.12. The summed E-state index contributed by atoms with van der Waals surface area (Å²) in [4.78, 5) is 0. The fourth-order valence-corrected chi connectivity index (χ4v) is 2.70. The molecule has 1 aliphatic carbocycles. The lowest BCUT2D eigenvalue weighted by atomic mass is 9.80. The Morgan fingerprint density at radius 2 is 1.69 bits per heavy atom. The topological polar surface area (TPSA) is 0 Å². The second kappa shape index (κ2) is 4.61. The van der Waals surface area contributed by atoms with Gasteiger partial charge in [0.05, 0.1) is 0 Å². The number of hydrogen-bond acceptors (Lipinski definition) is 0. The minimum absolute atomic E-state index is 0.282. The van der Waals surface area contributed by atoms with Crippen molar-refractivity contribution in [2.24, 2.45) is 0 Å². The molecule has 0 heteroatoms. The highest BCUT2D eigenvalue weighted by molar-refractivity contribution is 5.30. The van der Waals surface area contributed by atoms with Crippen LogP contribution in [0.15, 0.2) is 24.3 Å². The van der Waals surface area contributed by atoms with Crippen molar-refractivity contribution in [1.82, 2.24) is 0 Å². The summed E-state index contributed by atoms with van der Waals surface area (Å²) in [5, 5.41) is 0. The maximum atomic E-state index is 2.44. The molecule has 0 heterocycles. The lowest BCUT2D eigenvalue weighted by molar-refractivity contribution is 0.442. The standard InChI is InChI=1S/C16H24/c1-16(2,3)15-11-7-10-14(12-15)13-8-5-4-6-9-13/h7,10-13H,4-6,8-9H2,1-3H3. The molecule has 0 nitrogen and oxygen atoms in total. The molecule has 0 unspecified atom stereocenters. The Balaban J connectivity index is 2.21. The highest BCUT2D eigenvalue weighted by atomic mass is 14.2. The third kappa shape index (κ3) is 2.66. The first kappa shape index (κ1) is 11.7. The highest BCUT2D eigenvalue weighted by Gasteiger charge is 2.18. The molecular weight excluding hydrogens is 192 g/mol. The van der Waals surface area contributed by atoms with Crippen LogP contribution in [0.4, 0.5) is 0 Å². The fraction of sp³-hybridized carbons (Fsp3) is 0.625. The summed E-state index contributed by atoms with van der Waals surface area (Å²) >= 11 is 0. The first-order valence-corrected chi connectivity index (χ1v) is 6.68. The molecule has 0 saturated heterocycles. The van der Waals surface area contributed by atoms with Gasteiger partial charge in [0.1, 0.15) is 0 Å². The fourth-order valence-electron chi connectivity index (χ4n) is 2.70.